The first-order valence-corrected chi connectivity index (χ1v) is 6.08. The van der Waals surface area contributed by atoms with Gasteiger partial charge in [0.15, 0.2) is 6.10 Å². The first-order valence-electron chi connectivity index (χ1n) is 6.08. The molecule has 19 heavy (non-hydrogen) atoms. The van der Waals surface area contributed by atoms with Gasteiger partial charge in [-0.15, -0.1) is 0 Å². The second-order valence-corrected chi connectivity index (χ2v) is 4.27. The fraction of sp³-hybridized carbons (Fsp3) is 0.357. The third-order valence-electron chi connectivity index (χ3n) is 3.03. The lowest BCUT2D eigenvalue weighted by Crippen LogP contribution is -2.15. The van der Waals surface area contributed by atoms with Crippen LogP contribution in [0.3, 0.4) is 0 Å². The van der Waals surface area contributed by atoms with E-state index in [4.69, 9.17) is 9.47 Å². The number of hydrogen-bond donors (Lipinski definition) is 2. The predicted octanol–water partition coefficient (Wildman–Crippen LogP) is 2.08. The number of aliphatic hydroxyl groups is 1. The zero-order chi connectivity index (χ0) is 14.0. The van der Waals surface area contributed by atoms with Gasteiger partial charge in [0.25, 0.3) is 0 Å². The van der Waals surface area contributed by atoms with Crippen molar-refractivity contribution < 1.29 is 19.4 Å². The molecule has 5 heteroatoms. The number of methoxy groups -OCH3 is 1. The second-order valence-electron chi connectivity index (χ2n) is 4.27. The Morgan fingerprint density at radius 3 is 2.84 bits per heavy atom. The van der Waals surface area contributed by atoms with E-state index in [2.05, 4.69) is 4.98 Å². The van der Waals surface area contributed by atoms with Crippen molar-refractivity contribution in [3.63, 3.8) is 0 Å². The first kappa shape index (κ1) is 13.4. The Hall–Kier alpha value is -2.01. The number of nitrogens with one attached hydrogen (secondary N) is 1. The monoisotopic (exact) mass is 263 g/mol. The summed E-state index contributed by atoms with van der Waals surface area (Å²) in [6.07, 6.45) is 0.556. The van der Waals surface area contributed by atoms with E-state index in [1.165, 1.54) is 0 Å². The molecule has 0 radical (unpaired) electrons. The lowest BCUT2D eigenvalue weighted by Gasteiger charge is -2.12. The number of rotatable bonds is 4. The lowest BCUT2D eigenvalue weighted by molar-refractivity contribution is -0.153. The summed E-state index contributed by atoms with van der Waals surface area (Å²) in [5.74, 6) is -0.0685. The quantitative estimate of drug-likeness (QED) is 0.828. The summed E-state index contributed by atoms with van der Waals surface area (Å²) in [7, 11) is 1.55. The van der Waals surface area contributed by atoms with Crippen molar-refractivity contribution in [1.82, 2.24) is 4.98 Å². The van der Waals surface area contributed by atoms with Gasteiger partial charge in [-0.3, -0.25) is 0 Å². The molecule has 0 aliphatic rings. The van der Waals surface area contributed by atoms with Gasteiger partial charge >= 0.3 is 5.97 Å². The minimum atomic E-state index is -1.30. The van der Waals surface area contributed by atoms with Crippen LogP contribution in [0.15, 0.2) is 18.3 Å². The highest BCUT2D eigenvalue weighted by atomic mass is 16.5. The van der Waals surface area contributed by atoms with E-state index >= 15 is 0 Å². The SMILES string of the molecule is CCOC(=O)C(O)c1cc(OC)c2[nH]cc(C)c2c1. The Balaban J connectivity index is 2.49. The van der Waals surface area contributed by atoms with Crippen molar-refractivity contribution >= 4 is 16.9 Å². The summed E-state index contributed by atoms with van der Waals surface area (Å²) in [5.41, 5.74) is 2.33. The van der Waals surface area contributed by atoms with Crippen molar-refractivity contribution in [2.45, 2.75) is 20.0 Å². The molecule has 2 aromatic rings. The standard InChI is InChI=1S/C14H17NO4/c1-4-19-14(17)13(16)9-5-10-8(2)7-15-12(10)11(6-9)18-3/h5-7,13,15-16H,4H2,1-3H3. The number of carbonyl (C=O) groups excluding carboxylic acids is 1. The molecule has 0 fully saturated rings. The maximum atomic E-state index is 11.6. The summed E-state index contributed by atoms with van der Waals surface area (Å²) in [4.78, 5) is 14.7. The average molecular weight is 263 g/mol. The molecule has 1 aromatic carbocycles. The third-order valence-corrected chi connectivity index (χ3v) is 3.03. The van der Waals surface area contributed by atoms with Gasteiger partial charge in [0.1, 0.15) is 5.75 Å². The molecule has 1 heterocycles. The van der Waals surface area contributed by atoms with Gasteiger partial charge in [-0.2, -0.15) is 0 Å². The fourth-order valence-corrected chi connectivity index (χ4v) is 2.03. The van der Waals surface area contributed by atoms with Gasteiger partial charge in [0.05, 0.1) is 19.2 Å². The van der Waals surface area contributed by atoms with Gasteiger partial charge in [-0.1, -0.05) is 0 Å². The van der Waals surface area contributed by atoms with Gasteiger partial charge < -0.3 is 19.6 Å². The number of esters is 1. The van der Waals surface area contributed by atoms with Crippen molar-refractivity contribution in [2.24, 2.45) is 0 Å². The molecule has 0 saturated heterocycles. The third kappa shape index (κ3) is 2.42. The Morgan fingerprint density at radius 2 is 2.21 bits per heavy atom. The first-order chi connectivity index (χ1) is 9.08. The molecular weight excluding hydrogens is 246 g/mol. The molecule has 0 aliphatic heterocycles. The van der Waals surface area contributed by atoms with Crippen LogP contribution in [0.5, 0.6) is 5.75 Å². The van der Waals surface area contributed by atoms with Crippen molar-refractivity contribution in [2.75, 3.05) is 13.7 Å². The molecule has 1 atom stereocenters. The summed E-state index contributed by atoms with van der Waals surface area (Å²) >= 11 is 0. The molecule has 1 aromatic heterocycles. The van der Waals surface area contributed by atoms with Crippen LogP contribution in [0.25, 0.3) is 10.9 Å². The van der Waals surface area contributed by atoms with E-state index in [1.54, 1.807) is 26.2 Å². The van der Waals surface area contributed by atoms with Gasteiger partial charge in [0.2, 0.25) is 0 Å². The Kier molecular flexibility index (Phi) is 3.76. The number of fused-ring (bicyclic) bond motifs is 1. The molecule has 0 saturated carbocycles. The van der Waals surface area contributed by atoms with Crippen LogP contribution in [-0.4, -0.2) is 29.8 Å². The molecule has 2 N–H and O–H groups in total. The summed E-state index contributed by atoms with van der Waals surface area (Å²) < 4.78 is 10.1. The molecule has 0 spiro atoms. The number of aromatic amines is 1. The minimum absolute atomic E-state index is 0.235. The van der Waals surface area contributed by atoms with E-state index in [-0.39, 0.29) is 6.61 Å². The highest BCUT2D eigenvalue weighted by Crippen LogP contribution is 2.31. The normalized spacial score (nSPS) is 12.4. The maximum absolute atomic E-state index is 11.6. The van der Waals surface area contributed by atoms with Crippen LogP contribution in [0.1, 0.15) is 24.2 Å². The highest BCUT2D eigenvalue weighted by Gasteiger charge is 2.21. The van der Waals surface area contributed by atoms with E-state index in [1.807, 2.05) is 13.1 Å². The number of benzene rings is 1. The van der Waals surface area contributed by atoms with E-state index < -0.39 is 12.1 Å². The van der Waals surface area contributed by atoms with Crippen LogP contribution in [0.2, 0.25) is 0 Å². The van der Waals surface area contributed by atoms with Crippen LogP contribution >= 0.6 is 0 Å². The fourth-order valence-electron chi connectivity index (χ4n) is 2.03. The Labute approximate surface area is 111 Å². The largest absolute Gasteiger partial charge is 0.495 e. The smallest absolute Gasteiger partial charge is 0.339 e. The van der Waals surface area contributed by atoms with Crippen molar-refractivity contribution in [3.05, 3.63) is 29.5 Å². The van der Waals surface area contributed by atoms with Crippen molar-refractivity contribution in [1.29, 1.82) is 0 Å². The molecule has 5 nitrogen and oxygen atoms in total. The molecule has 0 bridgehead atoms. The van der Waals surface area contributed by atoms with Crippen LogP contribution in [0.4, 0.5) is 0 Å². The molecule has 0 aliphatic carbocycles. The van der Waals surface area contributed by atoms with Crippen LogP contribution < -0.4 is 4.74 Å². The van der Waals surface area contributed by atoms with E-state index in [0.717, 1.165) is 16.5 Å². The number of aliphatic hydroxyl groups excluding tert-OH is 1. The zero-order valence-corrected chi connectivity index (χ0v) is 11.2. The van der Waals surface area contributed by atoms with Gasteiger partial charge in [-0.25, -0.2) is 4.79 Å². The average Bonchev–Trinajstić information content (AvgIpc) is 2.79. The van der Waals surface area contributed by atoms with Crippen LogP contribution in [-0.2, 0) is 9.53 Å². The summed E-state index contributed by atoms with van der Waals surface area (Å²) in [6, 6.07) is 3.41. The summed E-state index contributed by atoms with van der Waals surface area (Å²) in [6.45, 7) is 3.88. The molecule has 0 amide bonds. The molecule has 102 valence electrons. The van der Waals surface area contributed by atoms with Crippen molar-refractivity contribution in [3.8, 4) is 5.75 Å². The van der Waals surface area contributed by atoms with Gasteiger partial charge in [-0.05, 0) is 37.1 Å². The zero-order valence-electron chi connectivity index (χ0n) is 11.2. The number of aryl methyl sites for hydroxylation is 1. The number of H-pyrrole nitrogens is 1. The number of aromatic nitrogens is 1. The second kappa shape index (κ2) is 5.32. The van der Waals surface area contributed by atoms with Crippen LogP contribution in [0, 0.1) is 6.92 Å². The maximum Gasteiger partial charge on any atom is 0.339 e. The Morgan fingerprint density at radius 1 is 1.47 bits per heavy atom. The van der Waals surface area contributed by atoms with E-state index in [0.29, 0.717) is 11.3 Å². The molecule has 1 unspecified atom stereocenters. The summed E-state index contributed by atoms with van der Waals surface area (Å²) in [5, 5.41) is 10.9. The lowest BCUT2D eigenvalue weighted by atomic mass is 10.0. The predicted molar refractivity (Wildman–Crippen MR) is 71.2 cm³/mol. The number of carbonyl (C=O) groups is 1. The number of hydrogen-bond acceptors (Lipinski definition) is 4. The number of ether oxygens (including phenoxy) is 2. The highest BCUT2D eigenvalue weighted by molar-refractivity contribution is 5.90. The van der Waals surface area contributed by atoms with Gasteiger partial charge in [0, 0.05) is 11.6 Å². The minimum Gasteiger partial charge on any atom is -0.495 e. The molecule has 2 rings (SSSR count). The Bertz CT molecular complexity index is 603. The molecular formula is C14H17NO4. The van der Waals surface area contributed by atoms with E-state index in [9.17, 15) is 9.90 Å². The topological polar surface area (TPSA) is 71.6 Å².